The molecule has 2 nitrogen and oxygen atoms in total. The molecule has 0 bridgehead atoms. The van der Waals surface area contributed by atoms with Gasteiger partial charge in [-0.2, -0.15) is 0 Å². The standard InChI is InChI=1S/C16H21BrFNO/c1-12-11-13(7-8-15(12)18)16(20)19(10-9-17)14-5-3-2-4-6-14/h7-8,11,14H,2-6,9-10H2,1H3. The molecule has 0 radical (unpaired) electrons. The molecule has 1 aromatic carbocycles. The number of halogens is 2. The quantitative estimate of drug-likeness (QED) is 0.747. The monoisotopic (exact) mass is 341 g/mol. The number of carbonyl (C=O) groups excluding carboxylic acids is 1. The van der Waals surface area contributed by atoms with E-state index in [0.29, 0.717) is 23.7 Å². The second kappa shape index (κ2) is 7.21. The molecule has 0 atom stereocenters. The lowest BCUT2D eigenvalue weighted by atomic mass is 9.93. The van der Waals surface area contributed by atoms with Crippen LogP contribution in [0, 0.1) is 12.7 Å². The normalized spacial score (nSPS) is 16.1. The Kier molecular flexibility index (Phi) is 5.58. The Hall–Kier alpha value is -0.900. The zero-order valence-corrected chi connectivity index (χ0v) is 13.5. The van der Waals surface area contributed by atoms with Gasteiger partial charge in [0.1, 0.15) is 5.82 Å². The lowest BCUT2D eigenvalue weighted by Gasteiger charge is -2.34. The van der Waals surface area contributed by atoms with Crippen molar-refractivity contribution in [1.29, 1.82) is 0 Å². The van der Waals surface area contributed by atoms with Crippen LogP contribution in [0.15, 0.2) is 18.2 Å². The van der Waals surface area contributed by atoms with Gasteiger partial charge < -0.3 is 4.90 Å². The predicted molar refractivity (Wildman–Crippen MR) is 82.8 cm³/mol. The van der Waals surface area contributed by atoms with Crippen molar-refractivity contribution >= 4 is 21.8 Å². The number of hydrogen-bond donors (Lipinski definition) is 0. The van der Waals surface area contributed by atoms with Crippen molar-refractivity contribution in [3.8, 4) is 0 Å². The van der Waals surface area contributed by atoms with E-state index < -0.39 is 0 Å². The molecule has 110 valence electrons. The second-order valence-electron chi connectivity index (χ2n) is 5.44. The molecule has 0 N–H and O–H groups in total. The first kappa shape index (κ1) is 15.5. The van der Waals surface area contributed by atoms with Gasteiger partial charge in [-0.3, -0.25) is 4.79 Å². The van der Waals surface area contributed by atoms with Gasteiger partial charge in [-0.1, -0.05) is 35.2 Å². The highest BCUT2D eigenvalue weighted by Gasteiger charge is 2.25. The summed E-state index contributed by atoms with van der Waals surface area (Å²) in [7, 11) is 0. The number of benzene rings is 1. The molecule has 1 amide bonds. The maximum atomic E-state index is 13.3. The highest BCUT2D eigenvalue weighted by atomic mass is 79.9. The summed E-state index contributed by atoms with van der Waals surface area (Å²) in [5.74, 6) is -0.231. The third-order valence-corrected chi connectivity index (χ3v) is 4.36. The van der Waals surface area contributed by atoms with Crippen molar-refractivity contribution in [2.45, 2.75) is 45.1 Å². The number of carbonyl (C=O) groups is 1. The van der Waals surface area contributed by atoms with Crippen LogP contribution in [0.4, 0.5) is 4.39 Å². The van der Waals surface area contributed by atoms with E-state index in [1.807, 2.05) is 4.90 Å². The van der Waals surface area contributed by atoms with Gasteiger partial charge in [0.15, 0.2) is 0 Å². The van der Waals surface area contributed by atoms with Gasteiger partial charge in [-0.25, -0.2) is 4.39 Å². The van der Waals surface area contributed by atoms with Crippen molar-refractivity contribution in [1.82, 2.24) is 4.90 Å². The molecule has 0 aliphatic heterocycles. The van der Waals surface area contributed by atoms with Crippen LogP contribution in [0.5, 0.6) is 0 Å². The second-order valence-corrected chi connectivity index (χ2v) is 6.24. The van der Waals surface area contributed by atoms with Gasteiger partial charge in [-0.05, 0) is 43.5 Å². The molecule has 1 saturated carbocycles. The largest absolute Gasteiger partial charge is 0.335 e. The van der Waals surface area contributed by atoms with Gasteiger partial charge in [0, 0.05) is 23.5 Å². The molecule has 2 rings (SSSR count). The van der Waals surface area contributed by atoms with E-state index in [2.05, 4.69) is 15.9 Å². The molecule has 0 aromatic heterocycles. The van der Waals surface area contributed by atoms with Crippen LogP contribution < -0.4 is 0 Å². The Labute approximate surface area is 128 Å². The van der Waals surface area contributed by atoms with E-state index in [4.69, 9.17) is 0 Å². The maximum Gasteiger partial charge on any atom is 0.254 e. The van der Waals surface area contributed by atoms with E-state index in [-0.39, 0.29) is 11.7 Å². The van der Waals surface area contributed by atoms with E-state index in [0.717, 1.165) is 18.2 Å². The first-order valence-corrected chi connectivity index (χ1v) is 8.38. The molecular formula is C16H21BrFNO. The van der Waals surface area contributed by atoms with Gasteiger partial charge in [-0.15, -0.1) is 0 Å². The van der Waals surface area contributed by atoms with E-state index in [1.165, 1.54) is 25.3 Å². The molecule has 1 aliphatic rings. The summed E-state index contributed by atoms with van der Waals surface area (Å²) in [6.45, 7) is 2.40. The summed E-state index contributed by atoms with van der Waals surface area (Å²) in [5.41, 5.74) is 1.12. The third kappa shape index (κ3) is 3.60. The van der Waals surface area contributed by atoms with Crippen molar-refractivity contribution in [2.24, 2.45) is 0 Å². The Morgan fingerprint density at radius 2 is 2.05 bits per heavy atom. The van der Waals surface area contributed by atoms with Crippen molar-refractivity contribution in [3.63, 3.8) is 0 Å². The summed E-state index contributed by atoms with van der Waals surface area (Å²) >= 11 is 3.43. The third-order valence-electron chi connectivity index (χ3n) is 4.01. The summed E-state index contributed by atoms with van der Waals surface area (Å²) in [6, 6.07) is 4.96. The maximum absolute atomic E-state index is 13.3. The minimum atomic E-state index is -0.258. The Morgan fingerprint density at radius 1 is 1.35 bits per heavy atom. The minimum absolute atomic E-state index is 0.0273. The molecule has 0 heterocycles. The Morgan fingerprint density at radius 3 is 2.65 bits per heavy atom. The van der Waals surface area contributed by atoms with Crippen LogP contribution in [0.2, 0.25) is 0 Å². The fourth-order valence-corrected chi connectivity index (χ4v) is 3.26. The van der Waals surface area contributed by atoms with Crippen molar-refractivity contribution in [3.05, 3.63) is 35.1 Å². The molecule has 4 heteroatoms. The van der Waals surface area contributed by atoms with Gasteiger partial charge >= 0.3 is 0 Å². The van der Waals surface area contributed by atoms with Gasteiger partial charge in [0.25, 0.3) is 5.91 Å². The predicted octanol–water partition coefficient (Wildman–Crippen LogP) is 4.30. The molecule has 1 aliphatic carbocycles. The average molecular weight is 342 g/mol. The van der Waals surface area contributed by atoms with E-state index in [1.54, 1.807) is 19.1 Å². The smallest absolute Gasteiger partial charge is 0.254 e. The molecule has 1 fully saturated rings. The van der Waals surface area contributed by atoms with Crippen LogP contribution in [0.3, 0.4) is 0 Å². The lowest BCUT2D eigenvalue weighted by molar-refractivity contribution is 0.0651. The van der Waals surface area contributed by atoms with Gasteiger partial charge in [0.2, 0.25) is 0 Å². The molecule has 0 unspecified atom stereocenters. The molecular weight excluding hydrogens is 321 g/mol. The molecule has 0 saturated heterocycles. The highest BCUT2D eigenvalue weighted by molar-refractivity contribution is 9.09. The van der Waals surface area contributed by atoms with Crippen LogP contribution in [-0.4, -0.2) is 28.7 Å². The number of alkyl halides is 1. The molecule has 1 aromatic rings. The minimum Gasteiger partial charge on any atom is -0.335 e. The van der Waals surface area contributed by atoms with E-state index >= 15 is 0 Å². The first-order valence-electron chi connectivity index (χ1n) is 7.26. The number of nitrogens with zero attached hydrogens (tertiary/aromatic N) is 1. The molecule has 0 spiro atoms. The zero-order chi connectivity index (χ0) is 14.5. The Balaban J connectivity index is 2.18. The van der Waals surface area contributed by atoms with Crippen LogP contribution >= 0.6 is 15.9 Å². The van der Waals surface area contributed by atoms with Crippen molar-refractivity contribution < 1.29 is 9.18 Å². The first-order chi connectivity index (χ1) is 9.63. The van der Waals surface area contributed by atoms with Crippen LogP contribution in [0.1, 0.15) is 48.0 Å². The summed E-state index contributed by atoms with van der Waals surface area (Å²) in [6.07, 6.45) is 5.82. The number of aryl methyl sites for hydroxylation is 1. The Bertz CT molecular complexity index is 472. The number of hydrogen-bond acceptors (Lipinski definition) is 1. The highest BCUT2D eigenvalue weighted by Crippen LogP contribution is 2.24. The summed E-state index contributed by atoms with van der Waals surface area (Å²) in [5, 5.41) is 0.773. The number of amides is 1. The lowest BCUT2D eigenvalue weighted by Crippen LogP contribution is -2.42. The molecule has 20 heavy (non-hydrogen) atoms. The van der Waals surface area contributed by atoms with Crippen molar-refractivity contribution in [2.75, 3.05) is 11.9 Å². The topological polar surface area (TPSA) is 20.3 Å². The number of rotatable bonds is 4. The summed E-state index contributed by atoms with van der Waals surface area (Å²) in [4.78, 5) is 14.6. The van der Waals surface area contributed by atoms with Crippen LogP contribution in [0.25, 0.3) is 0 Å². The SMILES string of the molecule is Cc1cc(C(=O)N(CCBr)C2CCCCC2)ccc1F. The van der Waals surface area contributed by atoms with Crippen LogP contribution in [-0.2, 0) is 0 Å². The fraction of sp³-hybridized carbons (Fsp3) is 0.562. The van der Waals surface area contributed by atoms with Gasteiger partial charge in [0.05, 0.1) is 0 Å². The zero-order valence-electron chi connectivity index (χ0n) is 11.9. The fourth-order valence-electron chi connectivity index (χ4n) is 2.88. The van der Waals surface area contributed by atoms with E-state index in [9.17, 15) is 9.18 Å². The average Bonchev–Trinajstić information content (AvgIpc) is 2.48. The summed E-state index contributed by atoms with van der Waals surface area (Å²) < 4.78 is 13.3.